The van der Waals surface area contributed by atoms with Gasteiger partial charge in [0.15, 0.2) is 0 Å². The zero-order valence-corrected chi connectivity index (χ0v) is 11.1. The van der Waals surface area contributed by atoms with E-state index in [4.69, 9.17) is 5.11 Å². The van der Waals surface area contributed by atoms with Gasteiger partial charge in [0.1, 0.15) is 10.7 Å². The Morgan fingerprint density at radius 3 is 2.80 bits per heavy atom. The molecule has 0 radical (unpaired) electrons. The Labute approximate surface area is 117 Å². The maximum Gasteiger partial charge on any atom is 0.354 e. The molecule has 20 heavy (non-hydrogen) atoms. The summed E-state index contributed by atoms with van der Waals surface area (Å²) >= 11 is 1.14. The minimum absolute atomic E-state index is 0.0185. The fraction of sp³-hybridized carbons (Fsp3) is 0.0833. The maximum absolute atomic E-state index is 10.9. The van der Waals surface area contributed by atoms with Crippen LogP contribution in [0.25, 0.3) is 0 Å². The van der Waals surface area contributed by atoms with Crippen LogP contribution in [0.3, 0.4) is 0 Å². The molecular weight excluding hydrogens is 282 g/mol. The van der Waals surface area contributed by atoms with E-state index in [2.05, 4.69) is 9.97 Å². The Hall–Kier alpha value is -2.48. The zero-order valence-electron chi connectivity index (χ0n) is 10.3. The molecule has 0 saturated heterocycles. The van der Waals surface area contributed by atoms with E-state index in [-0.39, 0.29) is 11.4 Å². The van der Waals surface area contributed by atoms with E-state index < -0.39 is 10.9 Å². The Morgan fingerprint density at radius 1 is 1.40 bits per heavy atom. The lowest BCUT2D eigenvalue weighted by Gasteiger charge is -2.03. The first-order chi connectivity index (χ1) is 9.47. The van der Waals surface area contributed by atoms with Gasteiger partial charge >= 0.3 is 5.97 Å². The van der Waals surface area contributed by atoms with Gasteiger partial charge in [0.25, 0.3) is 5.69 Å². The lowest BCUT2D eigenvalue weighted by Crippen LogP contribution is -1.99. The van der Waals surface area contributed by atoms with Crippen LogP contribution in [0.2, 0.25) is 0 Å². The summed E-state index contributed by atoms with van der Waals surface area (Å²) in [7, 11) is 0. The van der Waals surface area contributed by atoms with Crippen molar-refractivity contribution in [1.82, 2.24) is 9.97 Å². The summed E-state index contributed by atoms with van der Waals surface area (Å²) < 4.78 is 0. The Balaban J connectivity index is 2.30. The predicted molar refractivity (Wildman–Crippen MR) is 70.9 cm³/mol. The topological polar surface area (TPSA) is 106 Å². The van der Waals surface area contributed by atoms with Gasteiger partial charge in [-0.3, -0.25) is 10.1 Å². The molecule has 102 valence electrons. The van der Waals surface area contributed by atoms with E-state index in [0.29, 0.717) is 15.5 Å². The summed E-state index contributed by atoms with van der Waals surface area (Å²) in [6.07, 6.45) is 2.79. The van der Waals surface area contributed by atoms with Crippen LogP contribution in [0.1, 0.15) is 16.1 Å². The van der Waals surface area contributed by atoms with E-state index >= 15 is 0 Å². The third-order valence-corrected chi connectivity index (χ3v) is 3.34. The number of carboxylic acids is 1. The van der Waals surface area contributed by atoms with E-state index in [9.17, 15) is 14.9 Å². The van der Waals surface area contributed by atoms with Crippen LogP contribution in [0, 0.1) is 17.0 Å². The van der Waals surface area contributed by atoms with Gasteiger partial charge in [-0.2, -0.15) is 0 Å². The van der Waals surface area contributed by atoms with Crippen molar-refractivity contribution in [1.29, 1.82) is 0 Å². The molecular formula is C12H9N3O4S. The molecule has 0 bridgehead atoms. The summed E-state index contributed by atoms with van der Waals surface area (Å²) in [6, 6.07) is 4.37. The highest BCUT2D eigenvalue weighted by atomic mass is 32.2. The number of nitrogens with zero attached hydrogens (tertiary/aromatic N) is 3. The van der Waals surface area contributed by atoms with Gasteiger partial charge in [-0.25, -0.2) is 14.8 Å². The van der Waals surface area contributed by atoms with Crippen molar-refractivity contribution in [3.63, 3.8) is 0 Å². The van der Waals surface area contributed by atoms with Crippen molar-refractivity contribution in [2.75, 3.05) is 0 Å². The van der Waals surface area contributed by atoms with Gasteiger partial charge in [-0.1, -0.05) is 11.8 Å². The number of hydrogen-bond donors (Lipinski definition) is 1. The van der Waals surface area contributed by atoms with Crippen molar-refractivity contribution in [3.8, 4) is 0 Å². The van der Waals surface area contributed by atoms with Crippen LogP contribution < -0.4 is 0 Å². The Kier molecular flexibility index (Phi) is 3.94. The number of aryl methyl sites for hydroxylation is 1. The molecule has 0 aliphatic heterocycles. The maximum atomic E-state index is 10.9. The van der Waals surface area contributed by atoms with Gasteiger partial charge in [-0.15, -0.1) is 0 Å². The molecule has 0 aliphatic carbocycles. The highest BCUT2D eigenvalue weighted by Gasteiger charge is 2.13. The van der Waals surface area contributed by atoms with Crippen LogP contribution in [-0.4, -0.2) is 26.0 Å². The summed E-state index contributed by atoms with van der Waals surface area (Å²) in [6.45, 7) is 1.61. The summed E-state index contributed by atoms with van der Waals surface area (Å²) in [5.41, 5.74) is 0.368. The molecule has 2 aromatic heterocycles. The quantitative estimate of drug-likeness (QED) is 0.681. The summed E-state index contributed by atoms with van der Waals surface area (Å²) in [5.74, 6) is -1.13. The predicted octanol–water partition coefficient (Wildman–Crippen LogP) is 2.54. The third kappa shape index (κ3) is 3.09. The largest absolute Gasteiger partial charge is 0.477 e. The number of aromatic carboxylic acids is 1. The van der Waals surface area contributed by atoms with E-state index in [1.165, 1.54) is 24.5 Å². The minimum Gasteiger partial charge on any atom is -0.477 e. The van der Waals surface area contributed by atoms with E-state index in [1.807, 2.05) is 0 Å². The highest BCUT2D eigenvalue weighted by Crippen LogP contribution is 2.29. The molecule has 0 atom stereocenters. The molecule has 1 N–H and O–H groups in total. The van der Waals surface area contributed by atoms with Crippen molar-refractivity contribution >= 4 is 23.4 Å². The molecule has 2 heterocycles. The first-order valence-corrected chi connectivity index (χ1v) is 6.27. The smallest absolute Gasteiger partial charge is 0.354 e. The molecule has 0 aliphatic rings. The lowest BCUT2D eigenvalue weighted by molar-refractivity contribution is -0.385. The number of rotatable bonds is 4. The van der Waals surface area contributed by atoms with Gasteiger partial charge in [0, 0.05) is 28.9 Å². The lowest BCUT2D eigenvalue weighted by atomic mass is 10.3. The molecule has 0 amide bonds. The molecule has 8 heteroatoms. The Morgan fingerprint density at radius 2 is 2.15 bits per heavy atom. The van der Waals surface area contributed by atoms with Crippen LogP contribution in [0.4, 0.5) is 5.69 Å². The number of carboxylic acid groups (broad SMARTS) is 1. The molecule has 0 unspecified atom stereocenters. The monoisotopic (exact) mass is 291 g/mol. The first kappa shape index (κ1) is 13.9. The standard InChI is InChI=1S/C12H9N3O4S/c1-7-6-14-11(5-10(7)15(18)19)20-8-2-3-13-9(4-8)12(16)17/h2-6H,1H3,(H,16,17). The van der Waals surface area contributed by atoms with Crippen molar-refractivity contribution < 1.29 is 14.8 Å². The number of carbonyl (C=O) groups is 1. The van der Waals surface area contributed by atoms with Gasteiger partial charge in [0.05, 0.1) is 4.92 Å². The fourth-order valence-corrected chi connectivity index (χ4v) is 2.28. The molecule has 0 saturated carbocycles. The van der Waals surface area contributed by atoms with Crippen LogP contribution in [0.5, 0.6) is 0 Å². The average molecular weight is 291 g/mol. The van der Waals surface area contributed by atoms with Gasteiger partial charge in [0.2, 0.25) is 0 Å². The summed E-state index contributed by atoms with van der Waals surface area (Å²) in [5, 5.41) is 20.1. The third-order valence-electron chi connectivity index (χ3n) is 2.42. The van der Waals surface area contributed by atoms with Crippen molar-refractivity contribution in [2.45, 2.75) is 16.8 Å². The number of aromatic nitrogens is 2. The molecule has 2 rings (SSSR count). The fourth-order valence-electron chi connectivity index (χ4n) is 1.46. The minimum atomic E-state index is -1.13. The molecule has 7 nitrogen and oxygen atoms in total. The second-order valence-corrected chi connectivity index (χ2v) is 4.94. The Bertz CT molecular complexity index is 690. The number of hydrogen-bond acceptors (Lipinski definition) is 6. The van der Waals surface area contributed by atoms with E-state index in [0.717, 1.165) is 11.8 Å². The molecule has 2 aromatic rings. The average Bonchev–Trinajstić information content (AvgIpc) is 2.41. The van der Waals surface area contributed by atoms with E-state index in [1.54, 1.807) is 13.0 Å². The number of pyridine rings is 2. The second kappa shape index (κ2) is 5.66. The van der Waals surface area contributed by atoms with Crippen molar-refractivity contribution in [3.05, 3.63) is 52.0 Å². The van der Waals surface area contributed by atoms with Gasteiger partial charge in [-0.05, 0) is 19.1 Å². The van der Waals surface area contributed by atoms with Gasteiger partial charge < -0.3 is 5.11 Å². The van der Waals surface area contributed by atoms with Crippen molar-refractivity contribution in [2.24, 2.45) is 0 Å². The van der Waals surface area contributed by atoms with Crippen LogP contribution in [0.15, 0.2) is 40.5 Å². The highest BCUT2D eigenvalue weighted by molar-refractivity contribution is 7.99. The summed E-state index contributed by atoms with van der Waals surface area (Å²) in [4.78, 5) is 29.6. The molecule has 0 spiro atoms. The molecule has 0 fully saturated rings. The first-order valence-electron chi connectivity index (χ1n) is 5.45. The molecule has 0 aromatic carbocycles. The van der Waals surface area contributed by atoms with Crippen LogP contribution in [-0.2, 0) is 0 Å². The normalized spacial score (nSPS) is 10.2. The second-order valence-electron chi connectivity index (χ2n) is 3.85. The SMILES string of the molecule is Cc1cnc(Sc2ccnc(C(=O)O)c2)cc1[N+](=O)[O-]. The number of nitro groups is 1. The van der Waals surface area contributed by atoms with Crippen LogP contribution >= 0.6 is 11.8 Å². The zero-order chi connectivity index (χ0) is 14.7.